The van der Waals surface area contributed by atoms with E-state index in [0.717, 1.165) is 18.4 Å². The molecule has 0 bridgehead atoms. The summed E-state index contributed by atoms with van der Waals surface area (Å²) in [5, 5.41) is 3.58. The molecular weight excluding hydrogens is 335 g/mol. The van der Waals surface area contributed by atoms with Gasteiger partial charge in [-0.05, 0) is 78.2 Å². The van der Waals surface area contributed by atoms with Gasteiger partial charge >= 0.3 is 0 Å². The third-order valence-electron chi connectivity index (χ3n) is 3.46. The van der Waals surface area contributed by atoms with Gasteiger partial charge in [-0.1, -0.05) is 13.8 Å². The number of benzene rings is 1. The minimum Gasteiger partial charge on any atom is -0.371 e. The van der Waals surface area contributed by atoms with Crippen LogP contribution in [-0.4, -0.2) is 26.2 Å². The molecule has 2 nitrogen and oxygen atoms in total. The van der Waals surface area contributed by atoms with Crippen LogP contribution >= 0.6 is 22.6 Å². The van der Waals surface area contributed by atoms with Crippen LogP contribution in [0.1, 0.15) is 20.3 Å². The molecule has 100 valence electrons. The van der Waals surface area contributed by atoms with Gasteiger partial charge < -0.3 is 10.2 Å². The minimum absolute atomic E-state index is 0.749. The normalized spacial score (nSPS) is 19.8. The fraction of sp³-hybridized carbons (Fsp3) is 0.600. The van der Waals surface area contributed by atoms with Crippen LogP contribution in [0.5, 0.6) is 0 Å². The second-order valence-electron chi connectivity index (χ2n) is 5.63. The summed E-state index contributed by atoms with van der Waals surface area (Å²) in [4.78, 5) is 2.51. The van der Waals surface area contributed by atoms with Gasteiger partial charge in [0.1, 0.15) is 0 Å². The third kappa shape index (κ3) is 4.12. The first-order valence-electron chi connectivity index (χ1n) is 6.86. The van der Waals surface area contributed by atoms with E-state index in [9.17, 15) is 0 Å². The highest BCUT2D eigenvalue weighted by Crippen LogP contribution is 2.24. The molecule has 1 heterocycles. The SMILES string of the molecule is CC(C)CNCC1CCN(c2ccc(I)cc2)C1. The Bertz CT molecular complexity index is 361. The topological polar surface area (TPSA) is 15.3 Å². The number of nitrogens with one attached hydrogen (secondary N) is 1. The van der Waals surface area contributed by atoms with E-state index in [2.05, 4.69) is 70.9 Å². The van der Waals surface area contributed by atoms with Crippen molar-refractivity contribution in [3.05, 3.63) is 27.8 Å². The molecule has 0 aromatic heterocycles. The highest BCUT2D eigenvalue weighted by Gasteiger charge is 2.22. The minimum atomic E-state index is 0.749. The molecular formula is C15H23IN2. The summed E-state index contributed by atoms with van der Waals surface area (Å²) in [5.41, 5.74) is 1.38. The van der Waals surface area contributed by atoms with Crippen molar-refractivity contribution < 1.29 is 0 Å². The first-order chi connectivity index (χ1) is 8.65. The summed E-state index contributed by atoms with van der Waals surface area (Å²) < 4.78 is 1.31. The summed E-state index contributed by atoms with van der Waals surface area (Å²) in [6, 6.07) is 8.87. The molecule has 1 N–H and O–H groups in total. The molecule has 1 unspecified atom stereocenters. The van der Waals surface area contributed by atoms with Crippen molar-refractivity contribution in [3.63, 3.8) is 0 Å². The Morgan fingerprint density at radius 2 is 2.06 bits per heavy atom. The van der Waals surface area contributed by atoms with E-state index in [0.29, 0.717) is 0 Å². The zero-order valence-electron chi connectivity index (χ0n) is 11.3. The van der Waals surface area contributed by atoms with Gasteiger partial charge in [-0.15, -0.1) is 0 Å². The predicted molar refractivity (Wildman–Crippen MR) is 87.2 cm³/mol. The van der Waals surface area contributed by atoms with Crippen LogP contribution in [0, 0.1) is 15.4 Å². The molecule has 1 fully saturated rings. The Morgan fingerprint density at radius 1 is 1.33 bits per heavy atom. The zero-order valence-corrected chi connectivity index (χ0v) is 13.5. The highest BCUT2D eigenvalue weighted by molar-refractivity contribution is 14.1. The highest BCUT2D eigenvalue weighted by atomic mass is 127. The lowest BCUT2D eigenvalue weighted by Crippen LogP contribution is -2.28. The Balaban J connectivity index is 1.79. The largest absolute Gasteiger partial charge is 0.371 e. The fourth-order valence-electron chi connectivity index (χ4n) is 2.46. The molecule has 0 amide bonds. The van der Waals surface area contributed by atoms with Crippen LogP contribution < -0.4 is 10.2 Å². The van der Waals surface area contributed by atoms with Crippen molar-refractivity contribution >= 4 is 28.3 Å². The van der Waals surface area contributed by atoms with Gasteiger partial charge in [0.15, 0.2) is 0 Å². The maximum atomic E-state index is 3.58. The van der Waals surface area contributed by atoms with Gasteiger partial charge in [-0.3, -0.25) is 0 Å². The lowest BCUT2D eigenvalue weighted by molar-refractivity contribution is 0.477. The van der Waals surface area contributed by atoms with E-state index in [1.54, 1.807) is 0 Å². The Morgan fingerprint density at radius 3 is 2.72 bits per heavy atom. The molecule has 3 heteroatoms. The number of hydrogen-bond acceptors (Lipinski definition) is 2. The summed E-state index contributed by atoms with van der Waals surface area (Å²) in [7, 11) is 0. The molecule has 1 saturated heterocycles. The monoisotopic (exact) mass is 358 g/mol. The fourth-order valence-corrected chi connectivity index (χ4v) is 2.82. The second kappa shape index (κ2) is 6.75. The summed E-state index contributed by atoms with van der Waals surface area (Å²) in [6.45, 7) is 9.23. The molecule has 2 rings (SSSR count). The summed E-state index contributed by atoms with van der Waals surface area (Å²) in [5.74, 6) is 1.56. The number of halogens is 1. The standard InChI is InChI=1S/C15H23IN2/c1-12(2)9-17-10-13-7-8-18(11-13)15-5-3-14(16)4-6-15/h3-6,12-13,17H,7-11H2,1-2H3. The lowest BCUT2D eigenvalue weighted by atomic mass is 10.1. The van der Waals surface area contributed by atoms with Gasteiger partial charge in [0.2, 0.25) is 0 Å². The number of nitrogens with zero attached hydrogens (tertiary/aromatic N) is 1. The van der Waals surface area contributed by atoms with E-state index in [4.69, 9.17) is 0 Å². The molecule has 18 heavy (non-hydrogen) atoms. The van der Waals surface area contributed by atoms with Crippen LogP contribution in [-0.2, 0) is 0 Å². The first-order valence-corrected chi connectivity index (χ1v) is 7.94. The molecule has 0 aliphatic carbocycles. The van der Waals surface area contributed by atoms with E-state index in [1.165, 1.54) is 35.3 Å². The first kappa shape index (κ1) is 14.1. The van der Waals surface area contributed by atoms with Crippen LogP contribution in [0.15, 0.2) is 24.3 Å². The van der Waals surface area contributed by atoms with Gasteiger partial charge in [0, 0.05) is 22.3 Å². The van der Waals surface area contributed by atoms with Crippen molar-refractivity contribution in [1.29, 1.82) is 0 Å². The molecule has 0 saturated carbocycles. The van der Waals surface area contributed by atoms with E-state index in [1.807, 2.05) is 0 Å². The molecule has 1 atom stereocenters. The smallest absolute Gasteiger partial charge is 0.0367 e. The lowest BCUT2D eigenvalue weighted by Gasteiger charge is -2.19. The molecule has 1 aromatic rings. The van der Waals surface area contributed by atoms with E-state index >= 15 is 0 Å². The second-order valence-corrected chi connectivity index (χ2v) is 6.87. The average Bonchev–Trinajstić information content (AvgIpc) is 2.78. The van der Waals surface area contributed by atoms with Crippen molar-refractivity contribution in [1.82, 2.24) is 5.32 Å². The number of rotatable bonds is 5. The molecule has 1 aromatic carbocycles. The predicted octanol–water partition coefficient (Wildman–Crippen LogP) is 3.36. The van der Waals surface area contributed by atoms with Crippen LogP contribution in [0.2, 0.25) is 0 Å². The van der Waals surface area contributed by atoms with E-state index in [-0.39, 0.29) is 0 Å². The van der Waals surface area contributed by atoms with Crippen molar-refractivity contribution in [3.8, 4) is 0 Å². The molecule has 0 radical (unpaired) electrons. The van der Waals surface area contributed by atoms with Gasteiger partial charge in [-0.2, -0.15) is 0 Å². The zero-order chi connectivity index (χ0) is 13.0. The maximum Gasteiger partial charge on any atom is 0.0367 e. The maximum absolute atomic E-state index is 3.58. The Labute approximate surface area is 124 Å². The van der Waals surface area contributed by atoms with Crippen molar-refractivity contribution in [2.75, 3.05) is 31.1 Å². The summed E-state index contributed by atoms with van der Waals surface area (Å²) >= 11 is 2.36. The average molecular weight is 358 g/mol. The van der Waals surface area contributed by atoms with Crippen LogP contribution in [0.25, 0.3) is 0 Å². The van der Waals surface area contributed by atoms with Crippen molar-refractivity contribution in [2.24, 2.45) is 11.8 Å². The van der Waals surface area contributed by atoms with Gasteiger partial charge in [-0.25, -0.2) is 0 Å². The summed E-state index contributed by atoms with van der Waals surface area (Å²) in [6.07, 6.45) is 1.32. The van der Waals surface area contributed by atoms with E-state index < -0.39 is 0 Å². The Hall–Kier alpha value is -0.290. The molecule has 1 aliphatic heterocycles. The Kier molecular flexibility index (Phi) is 5.30. The molecule has 0 spiro atoms. The van der Waals surface area contributed by atoms with Gasteiger partial charge in [0.25, 0.3) is 0 Å². The quantitative estimate of drug-likeness (QED) is 0.812. The number of anilines is 1. The molecule has 1 aliphatic rings. The van der Waals surface area contributed by atoms with Crippen LogP contribution in [0.4, 0.5) is 5.69 Å². The van der Waals surface area contributed by atoms with Crippen molar-refractivity contribution in [2.45, 2.75) is 20.3 Å². The third-order valence-corrected chi connectivity index (χ3v) is 4.18. The van der Waals surface area contributed by atoms with Crippen LogP contribution in [0.3, 0.4) is 0 Å². The number of hydrogen-bond donors (Lipinski definition) is 1. The van der Waals surface area contributed by atoms with Gasteiger partial charge in [0.05, 0.1) is 0 Å².